The lowest BCUT2D eigenvalue weighted by atomic mass is 10.2. The Labute approximate surface area is 160 Å². The number of nitrogens with zero attached hydrogens (tertiary/aromatic N) is 3. The Bertz CT molecular complexity index is 1130. The van der Waals surface area contributed by atoms with Crippen molar-refractivity contribution in [1.82, 2.24) is 14.5 Å². The minimum Gasteiger partial charge on any atom is -0.355 e. The molecule has 0 unspecified atom stereocenters. The number of rotatable bonds is 7. The van der Waals surface area contributed by atoms with E-state index in [9.17, 15) is 9.36 Å². The van der Waals surface area contributed by atoms with Crippen LogP contribution in [0.5, 0.6) is 0 Å². The summed E-state index contributed by atoms with van der Waals surface area (Å²) in [4.78, 5) is 36.9. The van der Waals surface area contributed by atoms with Crippen molar-refractivity contribution < 1.29 is 18.9 Å². The molecule has 10 heteroatoms. The van der Waals surface area contributed by atoms with Gasteiger partial charge in [0.05, 0.1) is 19.3 Å². The molecular formula is C18H21N5O4P+. The van der Waals surface area contributed by atoms with Crippen LogP contribution in [-0.4, -0.2) is 30.5 Å². The molecule has 1 aromatic carbocycles. The standard InChI is InChI=1S/C18H20N5O4P/c19-18-20-16-15(17(24)21-18)22(11-6-9-14-7-2-1-3-8-14)13-23(16)10-4-5-12-28(25,26)27/h1-9,13H,10-12H2,(H4-,19,20,21,24,25,26,27)/p+1/b5-4-,9-6+. The molecule has 0 atom stereocenters. The first kappa shape index (κ1) is 19.8. The molecule has 2 heterocycles. The number of nitrogens with one attached hydrogen (secondary N) is 1. The maximum atomic E-state index is 12.4. The lowest BCUT2D eigenvalue weighted by molar-refractivity contribution is -0.663. The summed E-state index contributed by atoms with van der Waals surface area (Å²) in [5, 5.41) is 0. The minimum atomic E-state index is -4.09. The highest BCUT2D eigenvalue weighted by Gasteiger charge is 2.20. The first-order valence-corrected chi connectivity index (χ1v) is 10.3. The number of hydrogen-bond donors (Lipinski definition) is 4. The van der Waals surface area contributed by atoms with Gasteiger partial charge in [0.2, 0.25) is 5.52 Å². The smallest absolute Gasteiger partial charge is 0.329 e. The van der Waals surface area contributed by atoms with Crippen LogP contribution >= 0.6 is 7.60 Å². The molecule has 0 saturated carbocycles. The van der Waals surface area contributed by atoms with Crippen molar-refractivity contribution in [3.8, 4) is 0 Å². The molecule has 0 saturated heterocycles. The van der Waals surface area contributed by atoms with Gasteiger partial charge in [0.1, 0.15) is 0 Å². The van der Waals surface area contributed by atoms with E-state index in [4.69, 9.17) is 15.5 Å². The number of benzene rings is 1. The van der Waals surface area contributed by atoms with Gasteiger partial charge in [-0.3, -0.25) is 18.9 Å². The average molecular weight is 402 g/mol. The normalized spacial score (nSPS) is 12.5. The van der Waals surface area contributed by atoms with Crippen LogP contribution in [0.4, 0.5) is 5.95 Å². The summed E-state index contributed by atoms with van der Waals surface area (Å²) in [5.74, 6) is 0.00280. The van der Waals surface area contributed by atoms with Crippen molar-refractivity contribution in [2.45, 2.75) is 13.1 Å². The van der Waals surface area contributed by atoms with E-state index in [1.807, 2.05) is 42.5 Å². The molecule has 0 spiro atoms. The van der Waals surface area contributed by atoms with Gasteiger partial charge in [-0.1, -0.05) is 53.5 Å². The largest absolute Gasteiger partial charge is 0.355 e. The zero-order valence-electron chi connectivity index (χ0n) is 15.0. The topological polar surface area (TPSA) is 138 Å². The first-order chi connectivity index (χ1) is 13.3. The molecule has 0 radical (unpaired) electrons. The highest BCUT2D eigenvalue weighted by molar-refractivity contribution is 7.51. The van der Waals surface area contributed by atoms with Gasteiger partial charge in [0, 0.05) is 0 Å². The number of H-pyrrole nitrogens is 1. The van der Waals surface area contributed by atoms with E-state index in [-0.39, 0.29) is 17.7 Å². The number of allylic oxidation sites excluding steroid dienone is 3. The van der Waals surface area contributed by atoms with Crippen molar-refractivity contribution in [3.63, 3.8) is 0 Å². The van der Waals surface area contributed by atoms with Crippen molar-refractivity contribution in [1.29, 1.82) is 0 Å². The van der Waals surface area contributed by atoms with Crippen LogP contribution in [-0.2, 0) is 17.7 Å². The molecule has 5 N–H and O–H groups in total. The summed E-state index contributed by atoms with van der Waals surface area (Å²) in [7, 11) is -4.09. The third-order valence-corrected chi connectivity index (χ3v) is 4.64. The van der Waals surface area contributed by atoms with Gasteiger partial charge in [-0.25, -0.2) is 4.57 Å². The summed E-state index contributed by atoms with van der Waals surface area (Å²) in [5.41, 5.74) is 7.13. The van der Waals surface area contributed by atoms with E-state index in [0.717, 1.165) is 5.56 Å². The maximum absolute atomic E-state index is 12.4. The molecule has 3 aromatic rings. The van der Waals surface area contributed by atoms with Gasteiger partial charge in [0.15, 0.2) is 6.33 Å². The van der Waals surface area contributed by atoms with E-state index >= 15 is 0 Å². The summed E-state index contributed by atoms with van der Waals surface area (Å²) >= 11 is 0. The maximum Gasteiger partial charge on any atom is 0.329 e. The van der Waals surface area contributed by atoms with E-state index in [1.54, 1.807) is 21.5 Å². The predicted molar refractivity (Wildman–Crippen MR) is 106 cm³/mol. The minimum absolute atomic E-state index is 0.00280. The quantitative estimate of drug-likeness (QED) is 0.265. The van der Waals surface area contributed by atoms with Crippen molar-refractivity contribution in [2.24, 2.45) is 0 Å². The van der Waals surface area contributed by atoms with Gasteiger partial charge in [-0.15, -0.1) is 0 Å². The van der Waals surface area contributed by atoms with Crippen LogP contribution < -0.4 is 15.9 Å². The van der Waals surface area contributed by atoms with Gasteiger partial charge in [-0.05, 0) is 11.6 Å². The van der Waals surface area contributed by atoms with Crippen molar-refractivity contribution in [3.05, 3.63) is 70.8 Å². The monoisotopic (exact) mass is 402 g/mol. The Morgan fingerprint density at radius 3 is 2.68 bits per heavy atom. The van der Waals surface area contributed by atoms with Gasteiger partial charge < -0.3 is 15.5 Å². The Balaban J connectivity index is 1.89. The van der Waals surface area contributed by atoms with Crippen LogP contribution in [0.2, 0.25) is 0 Å². The molecule has 0 fully saturated rings. The van der Waals surface area contributed by atoms with Crippen LogP contribution in [0.15, 0.2) is 59.7 Å². The molecule has 28 heavy (non-hydrogen) atoms. The molecule has 9 nitrogen and oxygen atoms in total. The third-order valence-electron chi connectivity index (χ3n) is 3.96. The lowest BCUT2D eigenvalue weighted by Crippen LogP contribution is -2.32. The number of anilines is 1. The molecule has 146 valence electrons. The first-order valence-electron chi connectivity index (χ1n) is 8.53. The zero-order chi connectivity index (χ0) is 20.1. The molecular weight excluding hydrogens is 381 g/mol. The third kappa shape index (κ3) is 5.04. The van der Waals surface area contributed by atoms with E-state index < -0.39 is 7.60 Å². The zero-order valence-corrected chi connectivity index (χ0v) is 15.9. The second-order valence-electron chi connectivity index (χ2n) is 6.18. The van der Waals surface area contributed by atoms with E-state index in [1.165, 1.54) is 6.08 Å². The van der Waals surface area contributed by atoms with Crippen molar-refractivity contribution in [2.75, 3.05) is 11.9 Å². The number of nitrogens with two attached hydrogens (primary N) is 1. The Morgan fingerprint density at radius 2 is 1.96 bits per heavy atom. The van der Waals surface area contributed by atoms with Gasteiger partial charge in [0.25, 0.3) is 11.5 Å². The Kier molecular flexibility index (Phi) is 5.89. The van der Waals surface area contributed by atoms with Crippen molar-refractivity contribution >= 4 is 30.8 Å². The summed E-state index contributed by atoms with van der Waals surface area (Å²) in [6.07, 6.45) is 8.28. The van der Waals surface area contributed by atoms with Crippen LogP contribution in [0.25, 0.3) is 17.2 Å². The number of aromatic nitrogens is 4. The highest BCUT2D eigenvalue weighted by Crippen LogP contribution is 2.33. The van der Waals surface area contributed by atoms with Crippen LogP contribution in [0, 0.1) is 0 Å². The number of nitrogen functional groups attached to an aromatic ring is 1. The fourth-order valence-electron chi connectivity index (χ4n) is 2.75. The Hall–Kier alpha value is -3.00. The second-order valence-corrected chi connectivity index (χ2v) is 7.87. The molecule has 3 rings (SSSR count). The Morgan fingerprint density at radius 1 is 1.21 bits per heavy atom. The average Bonchev–Trinajstić information content (AvgIpc) is 2.97. The molecule has 2 aromatic heterocycles. The number of aromatic amines is 1. The molecule has 0 aliphatic heterocycles. The molecule has 0 aliphatic carbocycles. The van der Waals surface area contributed by atoms with Crippen LogP contribution in [0.3, 0.4) is 0 Å². The summed E-state index contributed by atoms with van der Waals surface area (Å²) in [6, 6.07) is 9.78. The molecule has 0 bridgehead atoms. The molecule has 0 aliphatic rings. The molecule has 0 amide bonds. The lowest BCUT2D eigenvalue weighted by Gasteiger charge is -1.97. The van der Waals surface area contributed by atoms with E-state index in [2.05, 4.69) is 9.97 Å². The highest BCUT2D eigenvalue weighted by atomic mass is 31.2. The fourth-order valence-corrected chi connectivity index (χ4v) is 3.17. The fraction of sp³-hybridized carbons (Fsp3) is 0.167. The number of hydrogen-bond acceptors (Lipinski definition) is 4. The second kappa shape index (κ2) is 8.35. The number of imidazole rings is 1. The van der Waals surface area contributed by atoms with E-state index in [0.29, 0.717) is 24.3 Å². The number of fused-ring (bicyclic) bond motifs is 1. The summed E-state index contributed by atoms with van der Waals surface area (Å²) < 4.78 is 14.4. The van der Waals surface area contributed by atoms with Gasteiger partial charge in [-0.2, -0.15) is 0 Å². The summed E-state index contributed by atoms with van der Waals surface area (Å²) in [6.45, 7) is 0.737. The van der Waals surface area contributed by atoms with Crippen LogP contribution in [0.1, 0.15) is 5.56 Å². The predicted octanol–water partition coefficient (Wildman–Crippen LogP) is 1.04. The van der Waals surface area contributed by atoms with Gasteiger partial charge >= 0.3 is 13.2 Å². The SMILES string of the molecule is Nc1nc2c(c(=O)[nH]1)n(C/C=C/c1ccccc1)c[n+]2C/C=C\CP(=O)(O)O.